The lowest BCUT2D eigenvalue weighted by Crippen LogP contribution is -2.55. The molecule has 2 aromatic heterocycles. The lowest BCUT2D eigenvalue weighted by molar-refractivity contribution is -0.126. The molecule has 2 amide bonds. The van der Waals surface area contributed by atoms with Gasteiger partial charge in [-0.25, -0.2) is 0 Å². The number of hydrogen-bond acceptors (Lipinski definition) is 4. The summed E-state index contributed by atoms with van der Waals surface area (Å²) < 4.78 is 4.99. The first kappa shape index (κ1) is 19.3. The van der Waals surface area contributed by atoms with E-state index in [9.17, 15) is 9.59 Å². The fourth-order valence-electron chi connectivity index (χ4n) is 3.85. The zero-order valence-electron chi connectivity index (χ0n) is 16.6. The number of aromatic amines is 1. The highest BCUT2D eigenvalue weighted by atomic mass is 16.3. The van der Waals surface area contributed by atoms with Crippen LogP contribution in [0.15, 0.2) is 53.5 Å². The number of hydrogen-bond donors (Lipinski definition) is 2. The fourth-order valence-corrected chi connectivity index (χ4v) is 3.85. The molecule has 2 N–H and O–H groups in total. The van der Waals surface area contributed by atoms with Gasteiger partial charge in [-0.05, 0) is 31.0 Å². The molecule has 1 unspecified atom stereocenters. The van der Waals surface area contributed by atoms with Crippen LogP contribution in [0.5, 0.6) is 0 Å². The molecule has 1 saturated heterocycles. The Balaban J connectivity index is 1.24. The van der Waals surface area contributed by atoms with Gasteiger partial charge in [0.05, 0.1) is 17.9 Å². The third-order valence-electron chi connectivity index (χ3n) is 5.67. The number of rotatable bonds is 6. The van der Waals surface area contributed by atoms with Gasteiger partial charge < -0.3 is 19.6 Å². The highest BCUT2D eigenvalue weighted by Gasteiger charge is 2.28. The van der Waals surface area contributed by atoms with Crippen LogP contribution in [0.1, 0.15) is 22.8 Å². The maximum absolute atomic E-state index is 12.6. The largest absolute Gasteiger partial charge is 0.472 e. The van der Waals surface area contributed by atoms with Crippen LogP contribution in [0, 0.1) is 0 Å². The Hall–Kier alpha value is -3.06. The summed E-state index contributed by atoms with van der Waals surface area (Å²) in [7, 11) is 0. The van der Waals surface area contributed by atoms with E-state index in [-0.39, 0.29) is 17.9 Å². The molecule has 29 heavy (non-hydrogen) atoms. The van der Waals surface area contributed by atoms with Crippen LogP contribution in [-0.2, 0) is 11.2 Å². The van der Waals surface area contributed by atoms with Crippen molar-refractivity contribution in [2.45, 2.75) is 19.4 Å². The molecule has 1 aliphatic rings. The Bertz CT molecular complexity index is 971. The van der Waals surface area contributed by atoms with Gasteiger partial charge in [0.15, 0.2) is 0 Å². The average molecular weight is 394 g/mol. The van der Waals surface area contributed by atoms with Crippen LogP contribution in [0.25, 0.3) is 10.9 Å². The second kappa shape index (κ2) is 8.53. The molecule has 4 rings (SSSR count). The summed E-state index contributed by atoms with van der Waals surface area (Å²) in [5.41, 5.74) is 2.89. The molecule has 152 valence electrons. The Morgan fingerprint density at radius 2 is 1.97 bits per heavy atom. The van der Waals surface area contributed by atoms with Crippen LogP contribution >= 0.6 is 0 Å². The van der Waals surface area contributed by atoms with E-state index in [1.165, 1.54) is 23.5 Å². The molecule has 3 aromatic rings. The van der Waals surface area contributed by atoms with Gasteiger partial charge in [0.1, 0.15) is 6.26 Å². The maximum atomic E-state index is 12.6. The number of H-pyrrole nitrogens is 1. The number of aromatic nitrogens is 1. The molecule has 3 heterocycles. The molecule has 0 aliphatic carbocycles. The minimum Gasteiger partial charge on any atom is -0.472 e. The molecular weight excluding hydrogens is 368 g/mol. The van der Waals surface area contributed by atoms with Crippen molar-refractivity contribution in [2.24, 2.45) is 0 Å². The molecule has 0 spiro atoms. The summed E-state index contributed by atoms with van der Waals surface area (Å²) in [5, 5.41) is 4.25. The second-order valence-corrected chi connectivity index (χ2v) is 7.42. The summed E-state index contributed by atoms with van der Waals surface area (Å²) in [6, 6.07) is 9.64. The minimum absolute atomic E-state index is 0.0192. The van der Waals surface area contributed by atoms with Crippen molar-refractivity contribution in [1.82, 2.24) is 20.1 Å². The van der Waals surface area contributed by atoms with Gasteiger partial charge in [-0.3, -0.25) is 14.5 Å². The van der Waals surface area contributed by atoms with Crippen molar-refractivity contribution in [3.05, 3.63) is 60.2 Å². The van der Waals surface area contributed by atoms with Crippen LogP contribution < -0.4 is 5.32 Å². The number of fused-ring (bicyclic) bond motifs is 1. The molecule has 0 saturated carbocycles. The number of carbonyl (C=O) groups excluding carboxylic acids is 2. The molecule has 0 bridgehead atoms. The van der Waals surface area contributed by atoms with Crippen molar-refractivity contribution in [1.29, 1.82) is 0 Å². The smallest absolute Gasteiger partial charge is 0.257 e. The van der Waals surface area contributed by atoms with E-state index < -0.39 is 0 Å². The van der Waals surface area contributed by atoms with Gasteiger partial charge in [-0.1, -0.05) is 18.2 Å². The lowest BCUT2D eigenvalue weighted by Gasteiger charge is -2.37. The standard InChI is InChI=1S/C22H26N4O3/c1-16(25-9-11-26(12-10-25)22(28)18-7-13-29-15-18)21(27)23-8-6-17-14-24-20-5-3-2-4-19(17)20/h2-5,7,13-16,24H,6,8-12H2,1H3,(H,23,27). The molecular formula is C22H26N4O3. The van der Waals surface area contributed by atoms with E-state index in [2.05, 4.69) is 27.3 Å². The summed E-state index contributed by atoms with van der Waals surface area (Å²) in [6.45, 7) is 5.10. The van der Waals surface area contributed by atoms with Crippen LogP contribution in [-0.4, -0.2) is 65.4 Å². The number of nitrogens with zero attached hydrogens (tertiary/aromatic N) is 2. The van der Waals surface area contributed by atoms with Gasteiger partial charge in [0.25, 0.3) is 5.91 Å². The summed E-state index contributed by atoms with van der Waals surface area (Å²) in [5.74, 6) is 0.00804. The molecule has 7 nitrogen and oxygen atoms in total. The highest BCUT2D eigenvalue weighted by molar-refractivity contribution is 5.94. The average Bonchev–Trinajstić information content (AvgIpc) is 3.43. The van der Waals surface area contributed by atoms with Crippen LogP contribution in [0.4, 0.5) is 0 Å². The topological polar surface area (TPSA) is 81.6 Å². The van der Waals surface area contributed by atoms with E-state index in [4.69, 9.17) is 4.42 Å². The number of benzene rings is 1. The predicted molar refractivity (Wildman–Crippen MR) is 111 cm³/mol. The summed E-state index contributed by atoms with van der Waals surface area (Å²) in [4.78, 5) is 32.2. The molecule has 7 heteroatoms. The SMILES string of the molecule is CC(C(=O)NCCc1c[nH]c2ccccc12)N1CCN(C(=O)c2ccoc2)CC1. The second-order valence-electron chi connectivity index (χ2n) is 7.42. The molecule has 1 fully saturated rings. The zero-order valence-corrected chi connectivity index (χ0v) is 16.6. The van der Waals surface area contributed by atoms with Gasteiger partial charge in [-0.2, -0.15) is 0 Å². The molecule has 0 radical (unpaired) electrons. The van der Waals surface area contributed by atoms with E-state index >= 15 is 0 Å². The van der Waals surface area contributed by atoms with Crippen molar-refractivity contribution in [3.8, 4) is 0 Å². The number of para-hydroxylation sites is 1. The zero-order chi connectivity index (χ0) is 20.2. The first-order valence-electron chi connectivity index (χ1n) is 10.0. The molecule has 1 aliphatic heterocycles. The van der Waals surface area contributed by atoms with Gasteiger partial charge in [0.2, 0.25) is 5.91 Å². The normalized spacial score (nSPS) is 16.1. The number of furan rings is 1. The third-order valence-corrected chi connectivity index (χ3v) is 5.67. The van der Waals surface area contributed by atoms with E-state index in [1.54, 1.807) is 6.07 Å². The Labute approximate surface area is 169 Å². The van der Waals surface area contributed by atoms with Gasteiger partial charge in [0, 0.05) is 49.8 Å². The third kappa shape index (κ3) is 4.19. The number of piperazine rings is 1. The highest BCUT2D eigenvalue weighted by Crippen LogP contribution is 2.17. The van der Waals surface area contributed by atoms with Crippen LogP contribution in [0.3, 0.4) is 0 Å². The summed E-state index contributed by atoms with van der Waals surface area (Å²) in [6.07, 6.45) is 5.77. The fraction of sp³-hybridized carbons (Fsp3) is 0.364. The Morgan fingerprint density at radius 3 is 2.72 bits per heavy atom. The predicted octanol–water partition coefficient (Wildman–Crippen LogP) is 2.27. The van der Waals surface area contributed by atoms with E-state index in [1.807, 2.05) is 30.2 Å². The van der Waals surface area contributed by atoms with E-state index in [0.717, 1.165) is 11.9 Å². The first-order chi connectivity index (χ1) is 14.1. The quantitative estimate of drug-likeness (QED) is 0.672. The molecule has 1 aromatic carbocycles. The number of carbonyl (C=O) groups is 2. The van der Waals surface area contributed by atoms with Crippen molar-refractivity contribution >= 4 is 22.7 Å². The number of amides is 2. The van der Waals surface area contributed by atoms with Crippen LogP contribution in [0.2, 0.25) is 0 Å². The Kier molecular flexibility index (Phi) is 5.67. The number of nitrogens with one attached hydrogen (secondary N) is 2. The van der Waals surface area contributed by atoms with E-state index in [0.29, 0.717) is 38.3 Å². The first-order valence-corrected chi connectivity index (χ1v) is 10.0. The van der Waals surface area contributed by atoms with Crippen molar-refractivity contribution < 1.29 is 14.0 Å². The van der Waals surface area contributed by atoms with Crippen molar-refractivity contribution in [3.63, 3.8) is 0 Å². The molecule has 1 atom stereocenters. The Morgan fingerprint density at radius 1 is 1.17 bits per heavy atom. The minimum atomic E-state index is -0.218. The maximum Gasteiger partial charge on any atom is 0.257 e. The van der Waals surface area contributed by atoms with Gasteiger partial charge >= 0.3 is 0 Å². The lowest BCUT2D eigenvalue weighted by atomic mass is 10.1. The van der Waals surface area contributed by atoms with Crippen molar-refractivity contribution in [2.75, 3.05) is 32.7 Å². The monoisotopic (exact) mass is 394 g/mol. The van der Waals surface area contributed by atoms with Gasteiger partial charge in [-0.15, -0.1) is 0 Å². The summed E-state index contributed by atoms with van der Waals surface area (Å²) >= 11 is 0.